The second kappa shape index (κ2) is 9.02. The number of benzene rings is 3. The van der Waals surface area contributed by atoms with E-state index < -0.39 is 5.91 Å². The van der Waals surface area contributed by atoms with Crippen LogP contribution in [0, 0.1) is 6.92 Å². The van der Waals surface area contributed by atoms with Crippen molar-refractivity contribution in [1.29, 1.82) is 0 Å². The van der Waals surface area contributed by atoms with Gasteiger partial charge >= 0.3 is 0 Å². The minimum Gasteiger partial charge on any atom is -0.378 e. The third-order valence-corrected chi connectivity index (χ3v) is 5.48. The zero-order valence-corrected chi connectivity index (χ0v) is 17.4. The average Bonchev–Trinajstić information content (AvgIpc) is 2.80. The zero-order chi connectivity index (χ0) is 21.8. The van der Waals surface area contributed by atoms with Crippen LogP contribution in [0.1, 0.15) is 26.3 Å². The molecule has 3 N–H and O–H groups in total. The highest BCUT2D eigenvalue weighted by molar-refractivity contribution is 6.06. The molecule has 0 radical (unpaired) electrons. The number of rotatable bonds is 5. The highest BCUT2D eigenvalue weighted by Gasteiger charge is 2.15. The van der Waals surface area contributed by atoms with E-state index in [0.717, 1.165) is 54.4 Å². The van der Waals surface area contributed by atoms with Crippen LogP contribution < -0.4 is 16.0 Å². The van der Waals surface area contributed by atoms with Gasteiger partial charge in [-0.1, -0.05) is 24.3 Å². The first-order valence-electron chi connectivity index (χ1n) is 10.3. The van der Waals surface area contributed by atoms with Crippen LogP contribution in [-0.4, -0.2) is 38.1 Å². The van der Waals surface area contributed by atoms with Crippen LogP contribution in [-0.2, 0) is 4.74 Å². The third kappa shape index (κ3) is 4.59. The lowest BCUT2D eigenvalue weighted by atomic mass is 9.94. The Morgan fingerprint density at radius 3 is 2.35 bits per heavy atom. The summed E-state index contributed by atoms with van der Waals surface area (Å²) in [7, 11) is 0. The Morgan fingerprint density at radius 1 is 0.935 bits per heavy atom. The van der Waals surface area contributed by atoms with Gasteiger partial charge in [0.25, 0.3) is 5.91 Å². The lowest BCUT2D eigenvalue weighted by molar-refractivity contribution is 0.0998. The monoisotopic (exact) mass is 415 g/mol. The molecule has 6 heteroatoms. The molecule has 4 rings (SSSR count). The molecular formula is C25H25N3O3. The molecule has 1 saturated heterocycles. The van der Waals surface area contributed by atoms with Gasteiger partial charge in [0.05, 0.1) is 13.2 Å². The molecule has 0 spiro atoms. The molecule has 2 amide bonds. The number of amides is 2. The van der Waals surface area contributed by atoms with Gasteiger partial charge in [0.2, 0.25) is 5.91 Å². The second-order valence-corrected chi connectivity index (χ2v) is 7.54. The van der Waals surface area contributed by atoms with E-state index in [-0.39, 0.29) is 5.91 Å². The highest BCUT2D eigenvalue weighted by atomic mass is 16.5. The van der Waals surface area contributed by atoms with Crippen LogP contribution in [0.15, 0.2) is 66.7 Å². The van der Waals surface area contributed by atoms with Crippen LogP contribution in [0.4, 0.5) is 11.4 Å². The predicted molar refractivity (Wildman–Crippen MR) is 123 cm³/mol. The minimum absolute atomic E-state index is 0.211. The smallest absolute Gasteiger partial charge is 0.255 e. The van der Waals surface area contributed by atoms with E-state index >= 15 is 0 Å². The number of hydrogen-bond acceptors (Lipinski definition) is 4. The summed E-state index contributed by atoms with van der Waals surface area (Å²) < 4.78 is 5.39. The lowest BCUT2D eigenvalue weighted by Gasteiger charge is -2.28. The number of carbonyl (C=O) groups excluding carboxylic acids is 2. The molecule has 3 aromatic carbocycles. The van der Waals surface area contributed by atoms with Gasteiger partial charge < -0.3 is 20.7 Å². The molecule has 1 fully saturated rings. The van der Waals surface area contributed by atoms with Crippen molar-refractivity contribution in [2.24, 2.45) is 5.73 Å². The van der Waals surface area contributed by atoms with Crippen molar-refractivity contribution in [2.75, 3.05) is 36.5 Å². The van der Waals surface area contributed by atoms with Gasteiger partial charge in [-0.05, 0) is 66.1 Å². The van der Waals surface area contributed by atoms with E-state index in [9.17, 15) is 9.59 Å². The molecule has 6 nitrogen and oxygen atoms in total. The Balaban J connectivity index is 1.54. The number of aryl methyl sites for hydroxylation is 1. The Hall–Kier alpha value is -3.64. The van der Waals surface area contributed by atoms with Crippen LogP contribution in [0.5, 0.6) is 0 Å². The number of morpholine rings is 1. The molecule has 0 atom stereocenters. The summed E-state index contributed by atoms with van der Waals surface area (Å²) in [4.78, 5) is 27.0. The fourth-order valence-electron chi connectivity index (χ4n) is 3.77. The molecular weight excluding hydrogens is 390 g/mol. The molecule has 0 bridgehead atoms. The number of carbonyl (C=O) groups is 2. The maximum absolute atomic E-state index is 12.9. The van der Waals surface area contributed by atoms with Gasteiger partial charge in [0.1, 0.15) is 0 Å². The van der Waals surface area contributed by atoms with Gasteiger partial charge in [-0.25, -0.2) is 0 Å². The summed E-state index contributed by atoms with van der Waals surface area (Å²) in [6, 6.07) is 20.4. The van der Waals surface area contributed by atoms with Crippen LogP contribution in [0.25, 0.3) is 11.1 Å². The molecule has 1 aliphatic rings. The fourth-order valence-corrected chi connectivity index (χ4v) is 3.77. The van der Waals surface area contributed by atoms with E-state index in [1.807, 2.05) is 49.4 Å². The largest absolute Gasteiger partial charge is 0.378 e. The number of hydrogen-bond donors (Lipinski definition) is 2. The minimum atomic E-state index is -0.495. The first-order chi connectivity index (χ1) is 15.0. The SMILES string of the molecule is Cc1ccc(C(=O)Nc2ccc(N3CCOCC3)cc2)cc1-c1ccccc1C(N)=O. The molecule has 0 aromatic heterocycles. The summed E-state index contributed by atoms with van der Waals surface area (Å²) in [6.07, 6.45) is 0. The van der Waals surface area contributed by atoms with Crippen LogP contribution in [0.3, 0.4) is 0 Å². The maximum atomic E-state index is 12.9. The Bertz CT molecular complexity index is 1100. The Labute approximate surface area is 181 Å². The van der Waals surface area contributed by atoms with Crippen molar-refractivity contribution in [3.05, 3.63) is 83.4 Å². The van der Waals surface area contributed by atoms with Crippen LogP contribution >= 0.6 is 0 Å². The standard InChI is InChI=1S/C25H25N3O3/c1-17-6-7-18(16-23(17)21-4-2-3-5-22(21)24(26)29)25(30)27-19-8-10-20(11-9-19)28-12-14-31-15-13-28/h2-11,16H,12-15H2,1H3,(H2,26,29)(H,27,30). The van der Waals surface area contributed by atoms with Gasteiger partial charge in [-0.15, -0.1) is 0 Å². The fraction of sp³-hybridized carbons (Fsp3) is 0.200. The van der Waals surface area contributed by atoms with Gasteiger partial charge in [-0.3, -0.25) is 9.59 Å². The first kappa shape index (κ1) is 20.6. The molecule has 3 aromatic rings. The second-order valence-electron chi connectivity index (χ2n) is 7.54. The molecule has 1 aliphatic heterocycles. The summed E-state index contributed by atoms with van der Waals surface area (Å²) in [5, 5.41) is 2.95. The number of nitrogens with two attached hydrogens (primary N) is 1. The summed E-state index contributed by atoms with van der Waals surface area (Å²) in [5.41, 5.74) is 10.8. The molecule has 31 heavy (non-hydrogen) atoms. The van der Waals surface area contributed by atoms with Crippen molar-refractivity contribution in [3.63, 3.8) is 0 Å². The summed E-state index contributed by atoms with van der Waals surface area (Å²) in [5.74, 6) is -0.706. The summed E-state index contributed by atoms with van der Waals surface area (Å²) in [6.45, 7) is 5.13. The van der Waals surface area contributed by atoms with Crippen molar-refractivity contribution in [3.8, 4) is 11.1 Å². The number of anilines is 2. The number of nitrogens with zero attached hydrogens (tertiary/aromatic N) is 1. The van der Waals surface area contributed by atoms with E-state index in [2.05, 4.69) is 10.2 Å². The number of ether oxygens (including phenoxy) is 1. The Kier molecular flexibility index (Phi) is 6.00. The first-order valence-corrected chi connectivity index (χ1v) is 10.3. The van der Waals surface area contributed by atoms with Crippen molar-refractivity contribution in [1.82, 2.24) is 0 Å². The van der Waals surface area contributed by atoms with E-state index in [1.54, 1.807) is 24.3 Å². The quantitative estimate of drug-likeness (QED) is 0.663. The van der Waals surface area contributed by atoms with E-state index in [0.29, 0.717) is 11.1 Å². The Morgan fingerprint density at radius 2 is 1.65 bits per heavy atom. The van der Waals surface area contributed by atoms with E-state index in [4.69, 9.17) is 10.5 Å². The topological polar surface area (TPSA) is 84.7 Å². The highest BCUT2D eigenvalue weighted by Crippen LogP contribution is 2.28. The number of primary amides is 1. The third-order valence-electron chi connectivity index (χ3n) is 5.48. The molecule has 0 unspecified atom stereocenters. The van der Waals surface area contributed by atoms with Crippen LogP contribution in [0.2, 0.25) is 0 Å². The van der Waals surface area contributed by atoms with Crippen molar-refractivity contribution in [2.45, 2.75) is 6.92 Å². The zero-order valence-electron chi connectivity index (χ0n) is 17.4. The molecule has 0 saturated carbocycles. The lowest BCUT2D eigenvalue weighted by Crippen LogP contribution is -2.36. The maximum Gasteiger partial charge on any atom is 0.255 e. The normalized spacial score (nSPS) is 13.6. The molecule has 0 aliphatic carbocycles. The average molecular weight is 415 g/mol. The predicted octanol–water partition coefficient (Wildman–Crippen LogP) is 3.85. The van der Waals surface area contributed by atoms with Crippen molar-refractivity contribution >= 4 is 23.2 Å². The van der Waals surface area contributed by atoms with Gasteiger partial charge in [-0.2, -0.15) is 0 Å². The molecule has 158 valence electrons. The van der Waals surface area contributed by atoms with E-state index in [1.165, 1.54) is 0 Å². The van der Waals surface area contributed by atoms with Gasteiger partial charge in [0, 0.05) is 35.6 Å². The van der Waals surface area contributed by atoms with Gasteiger partial charge in [0.15, 0.2) is 0 Å². The molecule has 1 heterocycles. The van der Waals surface area contributed by atoms with Crippen molar-refractivity contribution < 1.29 is 14.3 Å². The summed E-state index contributed by atoms with van der Waals surface area (Å²) >= 11 is 0. The number of nitrogens with one attached hydrogen (secondary N) is 1.